The molecule has 7 nitrogen and oxygen atoms in total. The van der Waals surface area contributed by atoms with Crippen molar-refractivity contribution in [2.45, 2.75) is 45.4 Å². The number of carbonyl (C=O) groups excluding carboxylic acids is 1. The van der Waals surface area contributed by atoms with Crippen molar-refractivity contribution in [3.05, 3.63) is 39.9 Å². The number of alkyl carbamates (subject to hydrolysis) is 1. The first-order valence-electron chi connectivity index (χ1n) is 6.91. The Hall–Kier alpha value is -2.31. The van der Waals surface area contributed by atoms with Crippen LogP contribution in [0.1, 0.15) is 39.3 Å². The number of benzene rings is 1. The summed E-state index contributed by atoms with van der Waals surface area (Å²) in [6, 6.07) is 4.94. The summed E-state index contributed by atoms with van der Waals surface area (Å²) in [6.45, 7) is 6.62. The molecule has 0 bridgehead atoms. The van der Waals surface area contributed by atoms with Crippen LogP contribution >= 0.6 is 0 Å². The molecule has 0 saturated heterocycles. The van der Waals surface area contributed by atoms with Crippen molar-refractivity contribution >= 4 is 6.09 Å². The molecule has 0 fully saturated rings. The maximum absolute atomic E-state index is 11.9. The number of hydrogen-bond donors (Lipinski definition) is 1. The van der Waals surface area contributed by atoms with Gasteiger partial charge >= 0.3 is 6.09 Å². The van der Waals surface area contributed by atoms with E-state index in [1.165, 1.54) is 14.0 Å². The van der Waals surface area contributed by atoms with E-state index in [0.717, 1.165) is 0 Å². The van der Waals surface area contributed by atoms with Crippen LogP contribution < -0.4 is 10.1 Å². The average Bonchev–Trinajstić information content (AvgIpc) is 2.42. The van der Waals surface area contributed by atoms with Crippen molar-refractivity contribution in [2.75, 3.05) is 7.11 Å². The molecule has 0 radical (unpaired) electrons. The van der Waals surface area contributed by atoms with Crippen molar-refractivity contribution in [3.63, 3.8) is 0 Å². The number of amides is 1. The summed E-state index contributed by atoms with van der Waals surface area (Å²) in [4.78, 5) is 22.6. The number of nitrogens with one attached hydrogen (secondary N) is 1. The molecule has 0 heterocycles. The molecule has 122 valence electrons. The first-order chi connectivity index (χ1) is 10.1. The van der Waals surface area contributed by atoms with Gasteiger partial charge < -0.3 is 14.8 Å². The van der Waals surface area contributed by atoms with Gasteiger partial charge in [0.15, 0.2) is 0 Å². The molecule has 1 amide bonds. The van der Waals surface area contributed by atoms with Gasteiger partial charge in [-0.05, 0) is 38.5 Å². The van der Waals surface area contributed by atoms with E-state index in [0.29, 0.717) is 11.3 Å². The van der Waals surface area contributed by atoms with Gasteiger partial charge in [0, 0.05) is 11.8 Å². The number of hydrogen-bond acceptors (Lipinski definition) is 5. The van der Waals surface area contributed by atoms with Gasteiger partial charge in [0.2, 0.25) is 6.04 Å². The molecule has 7 heteroatoms. The van der Waals surface area contributed by atoms with Crippen molar-refractivity contribution < 1.29 is 19.2 Å². The SMILES string of the molecule is COc1ccc(C(NC(=O)OC(C)(C)C)C(C)[N+](=O)[O-])cc1. The highest BCUT2D eigenvalue weighted by atomic mass is 16.6. The van der Waals surface area contributed by atoms with Gasteiger partial charge in [-0.1, -0.05) is 12.1 Å². The zero-order chi connectivity index (χ0) is 16.9. The average molecular weight is 310 g/mol. The zero-order valence-corrected chi connectivity index (χ0v) is 13.5. The predicted octanol–water partition coefficient (Wildman–Crippen LogP) is 2.93. The molecule has 0 aliphatic carbocycles. The number of rotatable bonds is 5. The fourth-order valence-electron chi connectivity index (χ4n) is 1.85. The third kappa shape index (κ3) is 5.23. The Kier molecular flexibility index (Phi) is 5.73. The van der Waals surface area contributed by atoms with E-state index in [9.17, 15) is 14.9 Å². The van der Waals surface area contributed by atoms with Gasteiger partial charge in [0.25, 0.3) is 0 Å². The monoisotopic (exact) mass is 310 g/mol. The van der Waals surface area contributed by atoms with Gasteiger partial charge in [-0.2, -0.15) is 0 Å². The van der Waals surface area contributed by atoms with Gasteiger partial charge in [0.05, 0.1) is 7.11 Å². The third-order valence-corrected chi connectivity index (χ3v) is 2.96. The Bertz CT molecular complexity index is 522. The van der Waals surface area contributed by atoms with Crippen LogP contribution in [0.4, 0.5) is 4.79 Å². The molecule has 1 aromatic rings. The van der Waals surface area contributed by atoms with Crippen LogP contribution in [0.15, 0.2) is 24.3 Å². The second kappa shape index (κ2) is 7.11. The van der Waals surface area contributed by atoms with Crippen LogP contribution in [0.25, 0.3) is 0 Å². The van der Waals surface area contributed by atoms with Gasteiger partial charge in [-0.25, -0.2) is 4.79 Å². The number of methoxy groups -OCH3 is 1. The normalized spacial score (nSPS) is 13.9. The Morgan fingerprint density at radius 2 is 1.82 bits per heavy atom. The van der Waals surface area contributed by atoms with E-state index in [1.54, 1.807) is 45.0 Å². The molecular weight excluding hydrogens is 288 g/mol. The molecule has 0 saturated carbocycles. The Morgan fingerprint density at radius 1 is 1.27 bits per heavy atom. The van der Waals surface area contributed by atoms with Crippen LogP contribution in [-0.2, 0) is 4.74 Å². The van der Waals surface area contributed by atoms with Crippen LogP contribution in [0, 0.1) is 10.1 Å². The Balaban J connectivity index is 2.97. The van der Waals surface area contributed by atoms with Crippen LogP contribution in [-0.4, -0.2) is 29.8 Å². The predicted molar refractivity (Wildman–Crippen MR) is 81.6 cm³/mol. The first kappa shape index (κ1) is 17.7. The minimum atomic E-state index is -0.999. The lowest BCUT2D eigenvalue weighted by molar-refractivity contribution is -0.523. The van der Waals surface area contributed by atoms with Crippen molar-refractivity contribution in [1.29, 1.82) is 0 Å². The molecule has 0 aromatic heterocycles. The van der Waals surface area contributed by atoms with Gasteiger partial charge in [-0.3, -0.25) is 10.1 Å². The third-order valence-electron chi connectivity index (χ3n) is 2.96. The van der Waals surface area contributed by atoms with E-state index in [2.05, 4.69) is 5.32 Å². The highest BCUT2D eigenvalue weighted by molar-refractivity contribution is 5.68. The number of carbonyl (C=O) groups is 1. The first-order valence-corrected chi connectivity index (χ1v) is 6.91. The Morgan fingerprint density at radius 3 is 2.23 bits per heavy atom. The van der Waals surface area contributed by atoms with Crippen LogP contribution in [0.3, 0.4) is 0 Å². The van der Waals surface area contributed by atoms with Gasteiger partial charge in [-0.15, -0.1) is 0 Å². The molecule has 2 atom stereocenters. The fraction of sp³-hybridized carbons (Fsp3) is 0.533. The molecule has 0 aliphatic rings. The minimum Gasteiger partial charge on any atom is -0.497 e. The van der Waals surface area contributed by atoms with Crippen molar-refractivity contribution in [1.82, 2.24) is 5.32 Å². The lowest BCUT2D eigenvalue weighted by Crippen LogP contribution is -2.41. The molecule has 0 aliphatic heterocycles. The lowest BCUT2D eigenvalue weighted by Gasteiger charge is -2.24. The maximum Gasteiger partial charge on any atom is 0.408 e. The smallest absolute Gasteiger partial charge is 0.408 e. The maximum atomic E-state index is 11.9. The molecule has 1 rings (SSSR count). The lowest BCUT2D eigenvalue weighted by atomic mass is 10.0. The highest BCUT2D eigenvalue weighted by Crippen LogP contribution is 2.22. The number of ether oxygens (including phenoxy) is 2. The molecular formula is C15H22N2O5. The van der Waals surface area contributed by atoms with E-state index >= 15 is 0 Å². The fourth-order valence-corrected chi connectivity index (χ4v) is 1.85. The van der Waals surface area contributed by atoms with E-state index in [-0.39, 0.29) is 0 Å². The van der Waals surface area contributed by atoms with E-state index < -0.39 is 28.7 Å². The summed E-state index contributed by atoms with van der Waals surface area (Å²) < 4.78 is 10.2. The molecule has 1 aromatic carbocycles. The van der Waals surface area contributed by atoms with E-state index in [4.69, 9.17) is 9.47 Å². The minimum absolute atomic E-state index is 0.438. The Labute approximate surface area is 129 Å². The van der Waals surface area contributed by atoms with E-state index in [1.807, 2.05) is 0 Å². The molecule has 2 unspecified atom stereocenters. The summed E-state index contributed by atoms with van der Waals surface area (Å²) in [5, 5.41) is 13.7. The summed E-state index contributed by atoms with van der Waals surface area (Å²) in [6.07, 6.45) is -0.693. The van der Waals surface area contributed by atoms with Crippen LogP contribution in [0.2, 0.25) is 0 Å². The standard InChI is InChI=1S/C15H22N2O5/c1-10(17(19)20)13(16-14(18)22-15(2,3)4)11-6-8-12(21-5)9-7-11/h6-10,13H,1-5H3,(H,16,18). The zero-order valence-electron chi connectivity index (χ0n) is 13.5. The summed E-state index contributed by atoms with van der Waals surface area (Å²) in [7, 11) is 1.53. The second-order valence-corrected chi connectivity index (χ2v) is 5.92. The topological polar surface area (TPSA) is 90.7 Å². The van der Waals surface area contributed by atoms with Gasteiger partial charge in [0.1, 0.15) is 17.4 Å². The number of nitro groups is 1. The second-order valence-electron chi connectivity index (χ2n) is 5.92. The summed E-state index contributed by atoms with van der Waals surface area (Å²) in [5.41, 5.74) is -0.0669. The molecule has 22 heavy (non-hydrogen) atoms. The van der Waals surface area contributed by atoms with Crippen LogP contribution in [0.5, 0.6) is 5.75 Å². The molecule has 0 spiro atoms. The number of nitrogens with zero attached hydrogens (tertiary/aromatic N) is 1. The summed E-state index contributed by atoms with van der Waals surface area (Å²) >= 11 is 0. The van der Waals surface area contributed by atoms with Crippen molar-refractivity contribution in [3.8, 4) is 5.75 Å². The largest absolute Gasteiger partial charge is 0.497 e. The molecule has 1 N–H and O–H groups in total. The highest BCUT2D eigenvalue weighted by Gasteiger charge is 2.31. The van der Waals surface area contributed by atoms with Crippen molar-refractivity contribution in [2.24, 2.45) is 0 Å². The summed E-state index contributed by atoms with van der Waals surface area (Å²) in [5.74, 6) is 0.633. The quantitative estimate of drug-likeness (QED) is 0.667.